The monoisotopic (exact) mass is 247 g/mol. The minimum Gasteiger partial charge on any atom is -0.319 e. The molecule has 1 heterocycles. The molecule has 1 atom stereocenters. The summed E-state index contributed by atoms with van der Waals surface area (Å²) in [5.74, 6) is 2.35. The van der Waals surface area contributed by atoms with Crippen molar-refractivity contribution < 1.29 is 0 Å². The second kappa shape index (κ2) is 5.79. The predicted octanol–water partition coefficient (Wildman–Crippen LogP) is 2.76. The highest BCUT2D eigenvalue weighted by molar-refractivity contribution is 5.26. The highest BCUT2D eigenvalue weighted by atomic mass is 14.9. The molecule has 0 spiro atoms. The lowest BCUT2D eigenvalue weighted by Crippen LogP contribution is -2.20. The van der Waals surface area contributed by atoms with E-state index in [9.17, 15) is 0 Å². The molecule has 0 bridgehead atoms. The Morgan fingerprint density at radius 1 is 1.22 bits per heavy atom. The van der Waals surface area contributed by atoms with Crippen LogP contribution in [0.3, 0.4) is 0 Å². The molecule has 0 radical (unpaired) electrons. The highest BCUT2D eigenvalue weighted by Gasteiger charge is 2.23. The summed E-state index contributed by atoms with van der Waals surface area (Å²) < 4.78 is 0. The molecule has 0 saturated heterocycles. The van der Waals surface area contributed by atoms with E-state index in [0.29, 0.717) is 11.8 Å². The number of aryl methyl sites for hydroxylation is 2. The molecule has 0 amide bonds. The molecule has 100 valence electrons. The van der Waals surface area contributed by atoms with Gasteiger partial charge in [-0.2, -0.15) is 0 Å². The van der Waals surface area contributed by atoms with Crippen molar-refractivity contribution in [3.63, 3.8) is 0 Å². The molecule has 1 unspecified atom stereocenters. The summed E-state index contributed by atoms with van der Waals surface area (Å²) in [4.78, 5) is 9.48. The van der Waals surface area contributed by atoms with Gasteiger partial charge >= 0.3 is 0 Å². The van der Waals surface area contributed by atoms with Crippen molar-refractivity contribution in [2.75, 3.05) is 13.6 Å². The van der Waals surface area contributed by atoms with Gasteiger partial charge < -0.3 is 5.32 Å². The Morgan fingerprint density at radius 3 is 2.28 bits per heavy atom. The first-order valence-corrected chi connectivity index (χ1v) is 7.10. The van der Waals surface area contributed by atoms with Crippen molar-refractivity contribution in [1.82, 2.24) is 15.3 Å². The second-order valence-electron chi connectivity index (χ2n) is 5.73. The Hall–Kier alpha value is -0.960. The first kappa shape index (κ1) is 13.5. The summed E-state index contributed by atoms with van der Waals surface area (Å²) in [6.07, 6.45) is 4.96. The summed E-state index contributed by atoms with van der Waals surface area (Å²) in [6, 6.07) is 0. The van der Waals surface area contributed by atoms with Crippen LogP contribution in [0.15, 0.2) is 0 Å². The van der Waals surface area contributed by atoms with Crippen molar-refractivity contribution in [3.05, 3.63) is 22.8 Å². The number of aromatic nitrogens is 2. The molecule has 2 rings (SSSR count). The first-order chi connectivity index (χ1) is 8.61. The maximum atomic E-state index is 4.74. The van der Waals surface area contributed by atoms with E-state index in [2.05, 4.69) is 26.1 Å². The number of nitrogens with zero attached hydrogens (tertiary/aromatic N) is 2. The minimum absolute atomic E-state index is 0.630. The first-order valence-electron chi connectivity index (χ1n) is 7.10. The lowest BCUT2D eigenvalue weighted by atomic mass is 9.84. The highest BCUT2D eigenvalue weighted by Crippen LogP contribution is 2.34. The van der Waals surface area contributed by atoms with E-state index in [-0.39, 0.29) is 0 Å². The maximum Gasteiger partial charge on any atom is 0.131 e. The number of nitrogens with one attached hydrogen (secondary N) is 1. The Morgan fingerprint density at radius 2 is 1.83 bits per heavy atom. The predicted molar refractivity (Wildman–Crippen MR) is 74.9 cm³/mol. The molecule has 1 N–H and O–H groups in total. The third-order valence-electron chi connectivity index (χ3n) is 4.01. The molecule has 0 aromatic carbocycles. The van der Waals surface area contributed by atoms with Crippen LogP contribution in [0.25, 0.3) is 0 Å². The van der Waals surface area contributed by atoms with Gasteiger partial charge in [-0.25, -0.2) is 9.97 Å². The van der Waals surface area contributed by atoms with Crippen molar-refractivity contribution in [1.29, 1.82) is 0 Å². The molecule has 1 aromatic rings. The van der Waals surface area contributed by atoms with Crippen LogP contribution in [0.2, 0.25) is 0 Å². The fourth-order valence-electron chi connectivity index (χ4n) is 2.68. The average molecular weight is 247 g/mol. The third-order valence-corrected chi connectivity index (χ3v) is 4.01. The van der Waals surface area contributed by atoms with Gasteiger partial charge in [0.15, 0.2) is 0 Å². The van der Waals surface area contributed by atoms with E-state index >= 15 is 0 Å². The SMILES string of the molecule is CNCC(C)Cc1c(C)nc(C2CCC2)nc1C. The lowest BCUT2D eigenvalue weighted by Gasteiger charge is -2.25. The number of rotatable bonds is 5. The molecule has 1 saturated carbocycles. The Labute approximate surface area is 110 Å². The smallest absolute Gasteiger partial charge is 0.131 e. The number of hydrogen-bond donors (Lipinski definition) is 1. The van der Waals surface area contributed by atoms with E-state index in [4.69, 9.17) is 9.97 Å². The maximum absolute atomic E-state index is 4.74. The molecular weight excluding hydrogens is 222 g/mol. The van der Waals surface area contributed by atoms with Gasteiger partial charge in [-0.1, -0.05) is 13.3 Å². The van der Waals surface area contributed by atoms with Crippen LogP contribution >= 0.6 is 0 Å². The third kappa shape index (κ3) is 2.89. The zero-order chi connectivity index (χ0) is 13.1. The minimum atomic E-state index is 0.630. The topological polar surface area (TPSA) is 37.8 Å². The van der Waals surface area contributed by atoms with Gasteiger partial charge in [0.2, 0.25) is 0 Å². The zero-order valence-corrected chi connectivity index (χ0v) is 12.1. The molecule has 3 heteroatoms. The molecule has 3 nitrogen and oxygen atoms in total. The standard InChI is InChI=1S/C15H25N3/c1-10(9-16-4)8-14-11(2)17-15(18-12(14)3)13-6-5-7-13/h10,13,16H,5-9H2,1-4H3. The van der Waals surface area contributed by atoms with Crippen molar-refractivity contribution in [2.45, 2.75) is 52.4 Å². The van der Waals surface area contributed by atoms with Crippen LogP contribution in [0.1, 0.15) is 54.9 Å². The van der Waals surface area contributed by atoms with E-state index in [0.717, 1.165) is 18.8 Å². The summed E-state index contributed by atoms with van der Waals surface area (Å²) >= 11 is 0. The molecular formula is C15H25N3. The van der Waals surface area contributed by atoms with E-state index in [1.807, 2.05) is 7.05 Å². The number of hydrogen-bond acceptors (Lipinski definition) is 3. The Balaban J connectivity index is 2.15. The Bertz CT molecular complexity index is 387. The second-order valence-corrected chi connectivity index (χ2v) is 5.73. The summed E-state index contributed by atoms with van der Waals surface area (Å²) in [5.41, 5.74) is 3.72. The Kier molecular flexibility index (Phi) is 4.33. The van der Waals surface area contributed by atoms with Gasteiger partial charge in [0.05, 0.1) is 0 Å². The van der Waals surface area contributed by atoms with Crippen LogP contribution in [-0.4, -0.2) is 23.6 Å². The van der Waals surface area contributed by atoms with Gasteiger partial charge in [-0.3, -0.25) is 0 Å². The van der Waals surface area contributed by atoms with E-state index < -0.39 is 0 Å². The van der Waals surface area contributed by atoms with E-state index in [1.54, 1.807) is 0 Å². The molecule has 1 aliphatic carbocycles. The van der Waals surface area contributed by atoms with Crippen LogP contribution in [-0.2, 0) is 6.42 Å². The normalized spacial score (nSPS) is 17.6. The van der Waals surface area contributed by atoms with Crippen LogP contribution < -0.4 is 5.32 Å². The van der Waals surface area contributed by atoms with Gasteiger partial charge in [0, 0.05) is 17.3 Å². The van der Waals surface area contributed by atoms with E-state index in [1.165, 1.54) is 36.2 Å². The van der Waals surface area contributed by atoms with Crippen molar-refractivity contribution in [2.24, 2.45) is 5.92 Å². The van der Waals surface area contributed by atoms with Crippen LogP contribution in [0.5, 0.6) is 0 Å². The fraction of sp³-hybridized carbons (Fsp3) is 0.733. The van der Waals surface area contributed by atoms with Crippen LogP contribution in [0, 0.1) is 19.8 Å². The molecule has 1 aliphatic rings. The molecule has 0 aliphatic heterocycles. The van der Waals surface area contributed by atoms with Gasteiger partial charge in [-0.15, -0.1) is 0 Å². The summed E-state index contributed by atoms with van der Waals surface area (Å²) in [6.45, 7) is 7.59. The molecule has 18 heavy (non-hydrogen) atoms. The zero-order valence-electron chi connectivity index (χ0n) is 12.1. The fourth-order valence-corrected chi connectivity index (χ4v) is 2.68. The van der Waals surface area contributed by atoms with Gasteiger partial charge in [0.25, 0.3) is 0 Å². The molecule has 1 fully saturated rings. The van der Waals surface area contributed by atoms with Crippen LogP contribution in [0.4, 0.5) is 0 Å². The lowest BCUT2D eigenvalue weighted by molar-refractivity contribution is 0.399. The summed E-state index contributed by atoms with van der Waals surface area (Å²) in [7, 11) is 2.01. The molecule has 1 aromatic heterocycles. The van der Waals surface area contributed by atoms with Gasteiger partial charge in [-0.05, 0) is 58.2 Å². The van der Waals surface area contributed by atoms with Crippen molar-refractivity contribution in [3.8, 4) is 0 Å². The summed E-state index contributed by atoms with van der Waals surface area (Å²) in [5, 5.41) is 3.23. The average Bonchev–Trinajstić information content (AvgIpc) is 2.21. The van der Waals surface area contributed by atoms with Gasteiger partial charge in [0.1, 0.15) is 5.82 Å². The quantitative estimate of drug-likeness (QED) is 0.869. The van der Waals surface area contributed by atoms with Crippen molar-refractivity contribution >= 4 is 0 Å². The largest absolute Gasteiger partial charge is 0.319 e.